The number of nitrogens with one attached hydrogen (secondary N) is 1. The number of ether oxygens (including phenoxy) is 2. The van der Waals surface area contributed by atoms with Crippen LogP contribution in [-0.4, -0.2) is 44.7 Å². The number of hydrogen-bond acceptors (Lipinski definition) is 7. The molecule has 1 atom stereocenters. The number of amides is 2. The van der Waals surface area contributed by atoms with Gasteiger partial charge >= 0.3 is 12.6 Å². The Morgan fingerprint density at radius 3 is 2.40 bits per heavy atom. The zero-order chi connectivity index (χ0) is 26.0. The average Bonchev–Trinajstić information content (AvgIpc) is 2.78. The second-order valence-electron chi connectivity index (χ2n) is 7.37. The fraction of sp³-hybridized carbons (Fsp3) is 0.318. The van der Waals surface area contributed by atoms with Gasteiger partial charge in [-0.1, -0.05) is 18.2 Å². The molecule has 0 fully saturated rings. The van der Waals surface area contributed by atoms with Crippen molar-refractivity contribution < 1.29 is 39.9 Å². The maximum atomic E-state index is 13.0. The van der Waals surface area contributed by atoms with Gasteiger partial charge in [0.05, 0.1) is 17.1 Å². The third-order valence-electron chi connectivity index (χ3n) is 5.17. The summed E-state index contributed by atoms with van der Waals surface area (Å²) in [6.07, 6.45) is 1.31. The van der Waals surface area contributed by atoms with E-state index in [2.05, 4.69) is 16.6 Å². The summed E-state index contributed by atoms with van der Waals surface area (Å²) in [6.45, 7) is 3.06. The molecule has 2 aromatic rings. The van der Waals surface area contributed by atoms with Crippen molar-refractivity contribution in [2.24, 2.45) is 0 Å². The highest BCUT2D eigenvalue weighted by Gasteiger charge is 2.37. The molecule has 1 unspecified atom stereocenters. The molecular formula is C22H24F2N2O7S2. The lowest BCUT2D eigenvalue weighted by Crippen LogP contribution is -2.45. The third kappa shape index (κ3) is 5.40. The number of anilines is 1. The van der Waals surface area contributed by atoms with Crippen LogP contribution in [0.15, 0.2) is 49.1 Å². The monoisotopic (exact) mass is 530 g/mol. The number of urea groups is 1. The minimum Gasteiger partial charge on any atom is -0.485 e. The molecule has 13 heteroatoms. The summed E-state index contributed by atoms with van der Waals surface area (Å²) in [7, 11) is -8.87. The van der Waals surface area contributed by atoms with E-state index in [0.29, 0.717) is 23.3 Å². The molecule has 35 heavy (non-hydrogen) atoms. The van der Waals surface area contributed by atoms with E-state index in [1.54, 1.807) is 12.1 Å². The van der Waals surface area contributed by atoms with Crippen molar-refractivity contribution in [2.75, 3.05) is 16.8 Å². The lowest BCUT2D eigenvalue weighted by atomic mass is 9.90. The fourth-order valence-corrected chi connectivity index (χ4v) is 6.66. The molecule has 3 rings (SSSR count). The SMILES string of the molecule is C=CCC1Oc2cccc(OC(F)F)c2-c2ccc(NC(=O)N(S(=O)(=O)CC)S(=O)(=O)CC)cc21. The van der Waals surface area contributed by atoms with E-state index in [1.165, 1.54) is 44.2 Å². The Morgan fingerprint density at radius 1 is 1.17 bits per heavy atom. The molecule has 1 aliphatic heterocycles. The largest absolute Gasteiger partial charge is 0.485 e. The molecule has 0 bridgehead atoms. The van der Waals surface area contributed by atoms with Gasteiger partial charge in [0.2, 0.25) is 0 Å². The average molecular weight is 531 g/mol. The first-order valence-electron chi connectivity index (χ1n) is 10.5. The normalized spacial score (nSPS) is 14.9. The van der Waals surface area contributed by atoms with E-state index in [9.17, 15) is 30.4 Å². The second-order valence-corrected chi connectivity index (χ2v) is 11.8. The van der Waals surface area contributed by atoms with Crippen molar-refractivity contribution in [3.8, 4) is 22.6 Å². The highest BCUT2D eigenvalue weighted by molar-refractivity contribution is 8.04. The molecule has 0 saturated carbocycles. The highest BCUT2D eigenvalue weighted by Crippen LogP contribution is 2.49. The summed E-state index contributed by atoms with van der Waals surface area (Å²) in [6, 6.07) is 7.49. The van der Waals surface area contributed by atoms with Crippen molar-refractivity contribution in [1.29, 1.82) is 0 Å². The van der Waals surface area contributed by atoms with Gasteiger partial charge in [-0.05, 0) is 43.7 Å². The Hall–Kier alpha value is -3.19. The first kappa shape index (κ1) is 26.4. The van der Waals surface area contributed by atoms with Gasteiger partial charge in [-0.2, -0.15) is 8.78 Å². The highest BCUT2D eigenvalue weighted by atomic mass is 32.3. The summed E-state index contributed by atoms with van der Waals surface area (Å²) >= 11 is 0. The van der Waals surface area contributed by atoms with Crippen molar-refractivity contribution >= 4 is 31.8 Å². The van der Waals surface area contributed by atoms with Crippen molar-refractivity contribution in [1.82, 2.24) is 3.71 Å². The number of rotatable bonds is 9. The van der Waals surface area contributed by atoms with Gasteiger partial charge in [-0.3, -0.25) is 0 Å². The van der Waals surface area contributed by atoms with E-state index in [4.69, 9.17) is 4.74 Å². The van der Waals surface area contributed by atoms with E-state index in [0.717, 1.165) is 0 Å². The standard InChI is InChI=1S/C22H24F2N2O7S2/c1-4-8-17-16-13-14(25-22(27)26(34(28,29)5-2)35(30,31)6-3)11-12-15(16)20-18(32-17)9-7-10-19(20)33-21(23)24/h4,7,9-13,17,21H,1,5-6,8H2,2-3H3,(H,25,27). The number of benzene rings is 2. The molecule has 1 heterocycles. The summed E-state index contributed by atoms with van der Waals surface area (Å²) in [5.74, 6) is -1.01. The van der Waals surface area contributed by atoms with Gasteiger partial charge in [-0.15, -0.1) is 10.3 Å². The Bertz CT molecular complexity index is 1310. The van der Waals surface area contributed by atoms with Gasteiger partial charge in [-0.25, -0.2) is 21.6 Å². The van der Waals surface area contributed by atoms with Crippen LogP contribution in [-0.2, 0) is 20.0 Å². The minimum atomic E-state index is -4.44. The van der Waals surface area contributed by atoms with Gasteiger partial charge in [0.1, 0.15) is 17.6 Å². The second kappa shape index (κ2) is 10.2. The number of sulfonamides is 2. The Kier molecular flexibility index (Phi) is 7.70. The number of hydrogen-bond donors (Lipinski definition) is 1. The van der Waals surface area contributed by atoms with Crippen LogP contribution in [0.25, 0.3) is 11.1 Å². The van der Waals surface area contributed by atoms with Gasteiger partial charge in [0, 0.05) is 17.7 Å². The molecule has 1 aliphatic rings. The van der Waals surface area contributed by atoms with E-state index in [1.807, 2.05) is 0 Å². The lowest BCUT2D eigenvalue weighted by molar-refractivity contribution is -0.0496. The third-order valence-corrected chi connectivity index (χ3v) is 9.34. The van der Waals surface area contributed by atoms with Crippen LogP contribution in [0.5, 0.6) is 11.5 Å². The first-order valence-corrected chi connectivity index (χ1v) is 13.7. The maximum absolute atomic E-state index is 13.0. The Labute approximate surface area is 202 Å². The van der Waals surface area contributed by atoms with E-state index >= 15 is 0 Å². The zero-order valence-electron chi connectivity index (χ0n) is 18.9. The topological polar surface area (TPSA) is 119 Å². The predicted octanol–water partition coefficient (Wildman–Crippen LogP) is 4.50. The summed E-state index contributed by atoms with van der Waals surface area (Å²) in [5, 5.41) is 2.30. The molecule has 0 radical (unpaired) electrons. The summed E-state index contributed by atoms with van der Waals surface area (Å²) < 4.78 is 85.8. The van der Waals surface area contributed by atoms with Crippen molar-refractivity contribution in [3.05, 3.63) is 54.6 Å². The summed E-state index contributed by atoms with van der Waals surface area (Å²) in [4.78, 5) is 12.8. The molecule has 0 spiro atoms. The molecule has 2 aromatic carbocycles. The number of carbonyl (C=O) groups is 1. The van der Waals surface area contributed by atoms with Crippen LogP contribution in [0, 0.1) is 0 Å². The van der Waals surface area contributed by atoms with Crippen LogP contribution >= 0.6 is 0 Å². The molecule has 0 aromatic heterocycles. The molecule has 2 amide bonds. The van der Waals surface area contributed by atoms with Crippen LogP contribution in [0.4, 0.5) is 19.3 Å². The van der Waals surface area contributed by atoms with E-state index < -0.39 is 50.3 Å². The van der Waals surface area contributed by atoms with Gasteiger partial charge < -0.3 is 14.8 Å². The van der Waals surface area contributed by atoms with Gasteiger partial charge in [0.15, 0.2) is 0 Å². The lowest BCUT2D eigenvalue weighted by Gasteiger charge is -2.30. The zero-order valence-corrected chi connectivity index (χ0v) is 20.5. The minimum absolute atomic E-state index is 0.0738. The van der Waals surface area contributed by atoms with Crippen LogP contribution in [0.1, 0.15) is 31.9 Å². The number of nitrogens with zero attached hydrogens (tertiary/aromatic N) is 1. The van der Waals surface area contributed by atoms with Crippen LogP contribution in [0.2, 0.25) is 0 Å². The first-order chi connectivity index (χ1) is 16.4. The molecular weight excluding hydrogens is 506 g/mol. The molecule has 0 saturated heterocycles. The fourth-order valence-electron chi connectivity index (χ4n) is 3.58. The maximum Gasteiger partial charge on any atom is 0.387 e. The smallest absolute Gasteiger partial charge is 0.387 e. The number of alkyl halides is 2. The Morgan fingerprint density at radius 2 is 1.83 bits per heavy atom. The van der Waals surface area contributed by atoms with Crippen molar-refractivity contribution in [3.63, 3.8) is 0 Å². The van der Waals surface area contributed by atoms with E-state index in [-0.39, 0.29) is 20.7 Å². The number of halogens is 2. The molecule has 9 nitrogen and oxygen atoms in total. The predicted molar refractivity (Wildman–Crippen MR) is 126 cm³/mol. The van der Waals surface area contributed by atoms with Crippen molar-refractivity contribution in [2.45, 2.75) is 33.0 Å². The Balaban J connectivity index is 2.07. The van der Waals surface area contributed by atoms with Crippen LogP contribution in [0.3, 0.4) is 0 Å². The quantitative estimate of drug-likeness (QED) is 0.474. The van der Waals surface area contributed by atoms with Crippen LogP contribution < -0.4 is 14.8 Å². The summed E-state index contributed by atoms with van der Waals surface area (Å²) in [5.41, 5.74) is 1.32. The number of fused-ring (bicyclic) bond motifs is 3. The molecule has 0 aliphatic carbocycles. The van der Waals surface area contributed by atoms with Gasteiger partial charge in [0.25, 0.3) is 20.0 Å². The molecule has 1 N–H and O–H groups in total. The number of carbonyl (C=O) groups excluding carboxylic acids is 1. The molecule has 190 valence electrons.